The Morgan fingerprint density at radius 3 is 1.64 bits per heavy atom. The maximum Gasteiger partial charge on any atom is 0.309 e. The monoisotopic (exact) mass is 1250 g/mol. The molecule has 6 heterocycles. The summed E-state index contributed by atoms with van der Waals surface area (Å²) in [6, 6.07) is 0. The molecule has 0 radical (unpaired) electrons. The molecule has 0 amide bonds. The zero-order valence-corrected chi connectivity index (χ0v) is 53.2. The predicted molar refractivity (Wildman–Crippen MR) is 311 cm³/mol. The first kappa shape index (κ1) is 73.7. The molecule has 0 spiro atoms. The van der Waals surface area contributed by atoms with E-state index in [1.165, 1.54) is 46.5 Å². The van der Waals surface area contributed by atoms with Crippen molar-refractivity contribution in [1.82, 2.24) is 0 Å². The van der Waals surface area contributed by atoms with E-state index in [-0.39, 0.29) is 18.9 Å². The van der Waals surface area contributed by atoms with Crippen LogP contribution in [0.5, 0.6) is 0 Å². The third kappa shape index (κ3) is 20.8. The second-order valence-corrected chi connectivity index (χ2v) is 25.3. The molecule has 6 rings (SSSR count). The topological polar surface area (TPSA) is 333 Å². The van der Waals surface area contributed by atoms with E-state index in [0.717, 1.165) is 89.9 Å². The van der Waals surface area contributed by atoms with Gasteiger partial charge in [0.2, 0.25) is 0 Å². The number of unbranched alkanes of at least 4 members (excludes halogenated alkanes) is 10. The highest BCUT2D eigenvalue weighted by atomic mass is 16.8. The summed E-state index contributed by atoms with van der Waals surface area (Å²) in [5.41, 5.74) is 0. The van der Waals surface area contributed by atoms with Gasteiger partial charge in [-0.1, -0.05) is 137 Å². The van der Waals surface area contributed by atoms with Gasteiger partial charge in [0.15, 0.2) is 49.8 Å². The molecule has 24 heteroatoms. The third-order valence-corrected chi connectivity index (χ3v) is 18.2. The molecule has 87 heavy (non-hydrogen) atoms. The minimum absolute atomic E-state index is 0.0278. The second kappa shape index (κ2) is 36.8. The Morgan fingerprint density at radius 2 is 0.977 bits per heavy atom. The number of rotatable bonds is 24. The average Bonchev–Trinajstić information content (AvgIpc) is 1.27. The first-order valence-corrected chi connectivity index (χ1v) is 33.2. The number of esters is 3. The number of carbonyl (C=O) groups is 3. The van der Waals surface area contributed by atoms with Crippen molar-refractivity contribution in [2.24, 2.45) is 5.92 Å². The van der Waals surface area contributed by atoms with Crippen LogP contribution >= 0.6 is 0 Å². The second-order valence-electron chi connectivity index (χ2n) is 25.3. The molecule has 6 aliphatic rings. The number of aliphatic hydroxyl groups is 8. The van der Waals surface area contributed by atoms with Crippen LogP contribution in [0.1, 0.15) is 216 Å². The van der Waals surface area contributed by atoms with Crippen LogP contribution in [0.25, 0.3) is 0 Å². The highest BCUT2D eigenvalue weighted by molar-refractivity contribution is 5.72. The molecule has 0 saturated carbocycles. The van der Waals surface area contributed by atoms with Crippen LogP contribution in [-0.4, -0.2) is 218 Å². The van der Waals surface area contributed by atoms with E-state index in [4.69, 9.17) is 61.6 Å². The molecule has 6 fully saturated rings. The third-order valence-electron chi connectivity index (χ3n) is 18.2. The van der Waals surface area contributed by atoms with Crippen LogP contribution in [0.3, 0.4) is 0 Å². The Labute approximate surface area is 515 Å². The van der Waals surface area contributed by atoms with Crippen molar-refractivity contribution in [3.05, 3.63) is 0 Å². The summed E-state index contributed by atoms with van der Waals surface area (Å²) in [4.78, 5) is 41.3. The Hall–Kier alpha value is -2.31. The fourth-order valence-corrected chi connectivity index (χ4v) is 12.3. The van der Waals surface area contributed by atoms with Crippen molar-refractivity contribution < 1.29 is 117 Å². The SMILES string of the molecule is CCCCCCCCCCCC(=O)O[C@@H]1[C@@H](O)[C@@H](O)[C@H](O[C@@H]2[C@@H](O[C@@H]3O[C@@H](C)[C@H](O)[C@@H](O)[C@H]3O)[C@@H](OC(=O)[C@@H](C)CC)[C@H](O[C@@H]3[C@H]4OC(=O)CCCCCCCCCC(CCCCC)O[C@@H]5O[C@H](C)[C@H](O)[C@H](O)[C@H]5O[C@H](O[C@H]3C)[C@@H]4O)O[C@H]2C)O[C@H]1C. The smallest absolute Gasteiger partial charge is 0.309 e. The van der Waals surface area contributed by atoms with E-state index in [0.29, 0.717) is 25.7 Å². The zero-order chi connectivity index (χ0) is 63.5. The molecule has 24 nitrogen and oxygen atoms in total. The van der Waals surface area contributed by atoms with Crippen LogP contribution in [-0.2, 0) is 76.0 Å². The summed E-state index contributed by atoms with van der Waals surface area (Å²) >= 11 is 0. The van der Waals surface area contributed by atoms with Crippen molar-refractivity contribution in [2.45, 2.75) is 376 Å². The largest absolute Gasteiger partial charge is 0.457 e. The van der Waals surface area contributed by atoms with Crippen LogP contribution in [0.15, 0.2) is 0 Å². The van der Waals surface area contributed by atoms with E-state index in [1.54, 1.807) is 27.7 Å². The van der Waals surface area contributed by atoms with E-state index < -0.39 is 177 Å². The first-order chi connectivity index (χ1) is 41.6. The summed E-state index contributed by atoms with van der Waals surface area (Å²) in [5.74, 6) is -2.80. The standard InChI is InChI=1S/C63H110O24/c1-10-13-15-16-17-18-21-24-28-32-41(64)81-51-37(7)77-60(49(72)47(51)70)84-53-39(9)79-63(57(83-58(74)34(4)12-3)56(53)87-59-48(71)45(68)43(66)35(5)75-59)85-52-38(8)78-61-50(73)54(52)82-42(65)33-29-25-22-19-20-23-27-31-40(30-26-14-11-2)80-62-55(86-61)46(69)44(67)36(6)76-62/h34-40,43-57,59-63,66-73H,10-33H2,1-9H3/t34-,35-,36+,37-,38-,39-,40?,43-,44-,45+,46-,47-,48+,49+,50+,51-,52-,53-,54-,55+,56+,57+,59-,60-,61-,62-,63-/m0/s1. The van der Waals surface area contributed by atoms with Gasteiger partial charge in [0.05, 0.1) is 42.5 Å². The summed E-state index contributed by atoms with van der Waals surface area (Å²) in [5, 5.41) is 91.8. The molecular formula is C63H110O24. The van der Waals surface area contributed by atoms with E-state index in [9.17, 15) is 55.2 Å². The molecular weight excluding hydrogens is 1140 g/mol. The lowest BCUT2D eigenvalue weighted by Gasteiger charge is -2.51. The maximum atomic E-state index is 14.2. The van der Waals surface area contributed by atoms with Gasteiger partial charge in [0.1, 0.15) is 73.2 Å². The van der Waals surface area contributed by atoms with Crippen LogP contribution in [0.4, 0.5) is 0 Å². The Morgan fingerprint density at radius 1 is 0.460 bits per heavy atom. The molecule has 0 aromatic carbocycles. The van der Waals surface area contributed by atoms with Gasteiger partial charge in [-0.2, -0.15) is 0 Å². The summed E-state index contributed by atoms with van der Waals surface area (Å²) in [7, 11) is 0. The van der Waals surface area contributed by atoms with Gasteiger partial charge in [-0.15, -0.1) is 0 Å². The highest BCUT2D eigenvalue weighted by Gasteiger charge is 2.59. The van der Waals surface area contributed by atoms with E-state index in [1.807, 2.05) is 0 Å². The van der Waals surface area contributed by atoms with Crippen molar-refractivity contribution >= 4 is 17.9 Å². The number of carbonyl (C=O) groups excluding carboxylic acids is 3. The molecule has 0 aliphatic carbocycles. The quantitative estimate of drug-likeness (QED) is 0.0344. The fraction of sp³-hybridized carbons (Fsp3) is 0.952. The fourth-order valence-electron chi connectivity index (χ4n) is 12.3. The number of ether oxygens (including phenoxy) is 13. The van der Waals surface area contributed by atoms with E-state index in [2.05, 4.69) is 13.8 Å². The minimum atomic E-state index is -1.91. The summed E-state index contributed by atoms with van der Waals surface area (Å²) < 4.78 is 82.3. The normalized spacial score (nSPS) is 41.6. The van der Waals surface area contributed by atoms with Gasteiger partial charge in [0.25, 0.3) is 0 Å². The van der Waals surface area contributed by atoms with Crippen LogP contribution in [0.2, 0.25) is 0 Å². The first-order valence-electron chi connectivity index (χ1n) is 33.2. The lowest BCUT2D eigenvalue weighted by molar-refractivity contribution is -0.399. The Balaban J connectivity index is 1.29. The molecule has 0 aromatic heterocycles. The highest BCUT2D eigenvalue weighted by Crippen LogP contribution is 2.40. The Bertz CT molecular complexity index is 1990. The molecule has 8 N–H and O–H groups in total. The maximum absolute atomic E-state index is 14.2. The van der Waals surface area contributed by atoms with E-state index >= 15 is 0 Å². The van der Waals surface area contributed by atoms with Crippen LogP contribution < -0.4 is 0 Å². The molecule has 6 saturated heterocycles. The molecule has 0 aromatic rings. The van der Waals surface area contributed by atoms with Gasteiger partial charge in [-0.25, -0.2) is 0 Å². The zero-order valence-electron chi connectivity index (χ0n) is 53.2. The summed E-state index contributed by atoms with van der Waals surface area (Å²) in [6.07, 6.45) is -18.3. The lowest BCUT2D eigenvalue weighted by atomic mass is 9.95. The van der Waals surface area contributed by atoms with Gasteiger partial charge in [-0.3, -0.25) is 14.4 Å². The number of aliphatic hydroxyl groups excluding tert-OH is 8. The van der Waals surface area contributed by atoms with Crippen molar-refractivity contribution in [3.8, 4) is 0 Å². The van der Waals surface area contributed by atoms with Crippen LogP contribution in [0, 0.1) is 5.92 Å². The van der Waals surface area contributed by atoms with Gasteiger partial charge in [0, 0.05) is 12.8 Å². The molecule has 2 bridgehead atoms. The predicted octanol–water partition coefficient (Wildman–Crippen LogP) is 5.33. The Kier molecular flexibility index (Phi) is 31.2. The van der Waals surface area contributed by atoms with Crippen molar-refractivity contribution in [2.75, 3.05) is 0 Å². The number of hydrogen-bond donors (Lipinski definition) is 8. The minimum Gasteiger partial charge on any atom is -0.457 e. The number of hydrogen-bond acceptors (Lipinski definition) is 24. The van der Waals surface area contributed by atoms with Gasteiger partial charge >= 0.3 is 17.9 Å². The molecule has 27 atom stereocenters. The lowest BCUT2D eigenvalue weighted by Crippen LogP contribution is -2.68. The average molecular weight is 1250 g/mol. The summed E-state index contributed by atoms with van der Waals surface area (Å²) in [6.45, 7) is 15.3. The van der Waals surface area contributed by atoms with Gasteiger partial charge < -0.3 is 102 Å². The molecule has 506 valence electrons. The van der Waals surface area contributed by atoms with Crippen molar-refractivity contribution in [1.29, 1.82) is 0 Å². The molecule has 6 aliphatic heterocycles. The molecule has 1 unspecified atom stereocenters. The van der Waals surface area contributed by atoms with Gasteiger partial charge in [-0.05, 0) is 66.7 Å². The van der Waals surface area contributed by atoms with Crippen molar-refractivity contribution in [3.63, 3.8) is 0 Å². The number of fused-ring (bicyclic) bond motifs is 3.